The van der Waals surface area contributed by atoms with E-state index in [4.69, 9.17) is 0 Å². The van der Waals surface area contributed by atoms with Gasteiger partial charge in [0.1, 0.15) is 0 Å². The van der Waals surface area contributed by atoms with Crippen molar-refractivity contribution in [2.24, 2.45) is 10.1 Å². The number of benzene rings is 2. The molecule has 3 N–H and O–H groups in total. The fourth-order valence-corrected chi connectivity index (χ4v) is 4.15. The summed E-state index contributed by atoms with van der Waals surface area (Å²) < 4.78 is 1.69. The Bertz CT molecular complexity index is 1190. The number of aromatic nitrogens is 1. The van der Waals surface area contributed by atoms with Gasteiger partial charge in [0.2, 0.25) is 10.6 Å². The second kappa shape index (κ2) is 7.71. The molecule has 0 amide bonds. The van der Waals surface area contributed by atoms with Gasteiger partial charge in [-0.25, -0.2) is 9.67 Å². The van der Waals surface area contributed by atoms with Crippen LogP contribution in [0, 0.1) is 0 Å². The number of nitrogens with zero attached hydrogens (tertiary/aromatic N) is 3. The summed E-state index contributed by atoms with van der Waals surface area (Å²) in [6, 6.07) is 16.3. The molecule has 2 aromatic carbocycles. The molecular weight excluding hydrogens is 394 g/mol. The number of hydrogen-bond donors (Lipinski definition) is 3. The summed E-state index contributed by atoms with van der Waals surface area (Å²) in [5, 5.41) is 37.7. The van der Waals surface area contributed by atoms with Crippen molar-refractivity contribution in [3.63, 3.8) is 0 Å². The molecule has 0 aliphatic carbocycles. The Morgan fingerprint density at radius 2 is 1.68 bits per heavy atom. The largest absolute Gasteiger partial charge is 0.504 e. The van der Waals surface area contributed by atoms with Crippen molar-refractivity contribution >= 4 is 34.6 Å². The fourth-order valence-electron chi connectivity index (χ4n) is 2.51. The molecule has 0 saturated heterocycles. The van der Waals surface area contributed by atoms with E-state index in [9.17, 15) is 15.3 Å². The highest BCUT2D eigenvalue weighted by Gasteiger charge is 2.11. The van der Waals surface area contributed by atoms with Crippen LogP contribution >= 0.6 is 22.7 Å². The van der Waals surface area contributed by atoms with Gasteiger partial charge in [-0.3, -0.25) is 0 Å². The second-order valence-corrected chi connectivity index (χ2v) is 7.54. The lowest BCUT2D eigenvalue weighted by atomic mass is 10.2. The van der Waals surface area contributed by atoms with Crippen molar-refractivity contribution < 1.29 is 15.3 Å². The SMILES string of the molecule is Oc1ccc(/C=N/n2c(-c3cccs3)csc2=Nc2ccccc2)c(O)c1O. The Hall–Kier alpha value is -3.36. The molecule has 0 saturated carbocycles. The predicted octanol–water partition coefficient (Wildman–Crippen LogP) is 4.51. The average molecular weight is 409 g/mol. The smallest absolute Gasteiger partial charge is 0.211 e. The van der Waals surface area contributed by atoms with Gasteiger partial charge in [0.15, 0.2) is 11.5 Å². The van der Waals surface area contributed by atoms with Crippen LogP contribution in [-0.2, 0) is 0 Å². The first-order chi connectivity index (χ1) is 13.6. The standard InChI is InChI=1S/C20H15N3O3S2/c24-16-9-8-13(18(25)19(16)26)11-21-23-15(17-7-4-10-27-17)12-28-20(23)22-14-5-2-1-3-6-14/h1-12,24-26H/b21-11+,22-20?. The van der Waals surface area contributed by atoms with Crippen LogP contribution in [0.2, 0.25) is 0 Å². The van der Waals surface area contributed by atoms with E-state index in [1.54, 1.807) is 16.0 Å². The number of phenolic OH excluding ortho intramolecular Hbond substituents is 3. The van der Waals surface area contributed by atoms with Crippen LogP contribution < -0.4 is 4.80 Å². The number of aromatic hydroxyl groups is 3. The fraction of sp³-hybridized carbons (Fsp3) is 0. The lowest BCUT2D eigenvalue weighted by Gasteiger charge is -2.04. The molecule has 0 aliphatic rings. The zero-order valence-corrected chi connectivity index (χ0v) is 16.1. The van der Waals surface area contributed by atoms with Crippen LogP contribution in [0.3, 0.4) is 0 Å². The first-order valence-electron chi connectivity index (χ1n) is 8.26. The molecule has 6 nitrogen and oxygen atoms in total. The van der Waals surface area contributed by atoms with Gasteiger partial charge >= 0.3 is 0 Å². The molecule has 140 valence electrons. The highest BCUT2D eigenvalue weighted by molar-refractivity contribution is 7.14. The number of phenols is 3. The first kappa shape index (κ1) is 18.0. The average Bonchev–Trinajstić information content (AvgIpc) is 3.36. The van der Waals surface area contributed by atoms with Crippen molar-refractivity contribution in [3.8, 4) is 27.8 Å². The lowest BCUT2D eigenvalue weighted by Crippen LogP contribution is -2.11. The molecule has 2 heterocycles. The van der Waals surface area contributed by atoms with Gasteiger partial charge in [-0.1, -0.05) is 24.3 Å². The summed E-state index contributed by atoms with van der Waals surface area (Å²) in [6.07, 6.45) is 1.42. The molecule has 0 bridgehead atoms. The van der Waals surface area contributed by atoms with E-state index in [1.165, 1.54) is 29.7 Å². The number of rotatable bonds is 4. The number of thiazole rings is 1. The maximum Gasteiger partial charge on any atom is 0.211 e. The molecule has 4 rings (SSSR count). The zero-order valence-electron chi connectivity index (χ0n) is 14.4. The van der Waals surface area contributed by atoms with E-state index in [-0.39, 0.29) is 5.56 Å². The van der Waals surface area contributed by atoms with E-state index >= 15 is 0 Å². The van der Waals surface area contributed by atoms with Crippen LogP contribution in [0.4, 0.5) is 5.69 Å². The molecule has 0 radical (unpaired) electrons. The summed E-state index contributed by atoms with van der Waals surface area (Å²) in [7, 11) is 0. The summed E-state index contributed by atoms with van der Waals surface area (Å²) in [5.74, 6) is -1.40. The number of thiophene rings is 1. The minimum absolute atomic E-state index is 0.275. The van der Waals surface area contributed by atoms with E-state index < -0.39 is 17.2 Å². The van der Waals surface area contributed by atoms with Crippen LogP contribution in [0.5, 0.6) is 17.2 Å². The van der Waals surface area contributed by atoms with E-state index in [1.807, 2.05) is 53.2 Å². The Kier molecular flexibility index (Phi) is 4.96. The number of hydrogen-bond acceptors (Lipinski definition) is 7. The molecule has 2 aromatic heterocycles. The third-order valence-electron chi connectivity index (χ3n) is 3.91. The Labute approximate surface area is 168 Å². The van der Waals surface area contributed by atoms with Gasteiger partial charge in [-0.2, -0.15) is 5.10 Å². The summed E-state index contributed by atoms with van der Waals surface area (Å²) in [6.45, 7) is 0. The lowest BCUT2D eigenvalue weighted by molar-refractivity contribution is 0.367. The van der Waals surface area contributed by atoms with E-state index in [2.05, 4.69) is 10.1 Å². The highest BCUT2D eigenvalue weighted by atomic mass is 32.1. The molecule has 0 atom stereocenters. The normalized spacial score (nSPS) is 12.1. The Morgan fingerprint density at radius 1 is 0.857 bits per heavy atom. The maximum atomic E-state index is 10.0. The van der Waals surface area contributed by atoms with Crippen molar-refractivity contribution in [2.75, 3.05) is 0 Å². The zero-order chi connectivity index (χ0) is 19.5. The minimum Gasteiger partial charge on any atom is -0.504 e. The van der Waals surface area contributed by atoms with Gasteiger partial charge in [0.05, 0.1) is 22.5 Å². The van der Waals surface area contributed by atoms with Crippen LogP contribution in [0.1, 0.15) is 5.56 Å². The monoisotopic (exact) mass is 409 g/mol. The van der Waals surface area contributed by atoms with Gasteiger partial charge in [-0.15, -0.1) is 22.7 Å². The summed E-state index contributed by atoms with van der Waals surface area (Å²) in [4.78, 5) is 6.35. The molecule has 0 aliphatic heterocycles. The number of para-hydroxylation sites is 1. The third kappa shape index (κ3) is 3.55. The minimum atomic E-state index is -0.577. The molecule has 8 heteroatoms. The third-order valence-corrected chi connectivity index (χ3v) is 5.62. The molecule has 0 fully saturated rings. The predicted molar refractivity (Wildman–Crippen MR) is 112 cm³/mol. The van der Waals surface area contributed by atoms with Crippen molar-refractivity contribution in [2.45, 2.75) is 0 Å². The van der Waals surface area contributed by atoms with Crippen molar-refractivity contribution in [3.05, 3.63) is 75.7 Å². The Morgan fingerprint density at radius 3 is 2.43 bits per heavy atom. The molecular formula is C20H15N3O3S2. The Balaban J connectivity index is 1.84. The van der Waals surface area contributed by atoms with Crippen LogP contribution in [0.15, 0.2) is 75.5 Å². The van der Waals surface area contributed by atoms with Crippen molar-refractivity contribution in [1.29, 1.82) is 0 Å². The highest BCUT2D eigenvalue weighted by Crippen LogP contribution is 2.36. The molecule has 0 spiro atoms. The summed E-state index contributed by atoms with van der Waals surface area (Å²) in [5.41, 5.74) is 1.95. The first-order valence-corrected chi connectivity index (χ1v) is 10.0. The quantitative estimate of drug-likeness (QED) is 0.342. The van der Waals surface area contributed by atoms with E-state index in [0.717, 1.165) is 16.3 Å². The maximum absolute atomic E-state index is 10.0. The van der Waals surface area contributed by atoms with E-state index in [0.29, 0.717) is 4.80 Å². The van der Waals surface area contributed by atoms with Gasteiger partial charge < -0.3 is 15.3 Å². The van der Waals surface area contributed by atoms with Crippen LogP contribution in [0.25, 0.3) is 10.6 Å². The molecule has 28 heavy (non-hydrogen) atoms. The summed E-state index contributed by atoms with van der Waals surface area (Å²) >= 11 is 3.04. The molecule has 4 aromatic rings. The van der Waals surface area contributed by atoms with Gasteiger partial charge in [0.25, 0.3) is 0 Å². The molecule has 0 unspecified atom stereocenters. The second-order valence-electron chi connectivity index (χ2n) is 5.76. The van der Waals surface area contributed by atoms with Crippen molar-refractivity contribution in [1.82, 2.24) is 4.68 Å². The topological polar surface area (TPSA) is 90.3 Å². The van der Waals surface area contributed by atoms with Crippen LogP contribution in [-0.4, -0.2) is 26.2 Å². The van der Waals surface area contributed by atoms with Gasteiger partial charge in [0, 0.05) is 10.9 Å². The van der Waals surface area contributed by atoms with Gasteiger partial charge in [-0.05, 0) is 35.7 Å².